The number of hydrogen-bond acceptors (Lipinski definition) is 4. The third kappa shape index (κ3) is 1.51. The Balaban J connectivity index is 2.77. The molecule has 4 heteroatoms. The van der Waals surface area contributed by atoms with Gasteiger partial charge >= 0.3 is 0 Å². The maximum atomic E-state index is 9.06. The van der Waals surface area contributed by atoms with E-state index in [-0.39, 0.29) is 17.9 Å². The first-order valence-electron chi connectivity index (χ1n) is 3.14. The summed E-state index contributed by atoms with van der Waals surface area (Å²) in [5.74, 6) is 0.277. The molecule has 1 rings (SSSR count). The topological polar surface area (TPSA) is 83.2 Å². The van der Waals surface area contributed by atoms with Gasteiger partial charge in [0, 0.05) is 6.07 Å². The van der Waals surface area contributed by atoms with Crippen LogP contribution < -0.4 is 5.73 Å². The summed E-state index contributed by atoms with van der Waals surface area (Å²) < 4.78 is 4.85. The second kappa shape index (κ2) is 3.08. The Hall–Kier alpha value is -1.47. The Morgan fingerprint density at radius 1 is 1.82 bits per heavy atom. The van der Waals surface area contributed by atoms with Crippen LogP contribution in [-0.4, -0.2) is 5.11 Å². The van der Waals surface area contributed by atoms with Crippen LogP contribution in [0.3, 0.4) is 0 Å². The Kier molecular flexibility index (Phi) is 2.14. The molecule has 1 atom stereocenters. The molecule has 1 aromatic rings. The third-order valence-corrected chi connectivity index (χ3v) is 1.32. The van der Waals surface area contributed by atoms with Gasteiger partial charge in [0.15, 0.2) is 11.5 Å². The van der Waals surface area contributed by atoms with Crippen LogP contribution in [0.4, 0.5) is 0 Å². The number of aromatic hydroxyl groups is 1. The number of nitrogens with two attached hydrogens (primary N) is 1. The lowest BCUT2D eigenvalue weighted by atomic mass is 10.2. The van der Waals surface area contributed by atoms with Crippen molar-refractivity contribution in [2.24, 2.45) is 5.73 Å². The molecule has 0 fully saturated rings. The van der Waals surface area contributed by atoms with Crippen LogP contribution >= 0.6 is 0 Å². The molecule has 0 amide bonds. The normalized spacial score (nSPS) is 12.4. The van der Waals surface area contributed by atoms with Gasteiger partial charge in [-0.25, -0.2) is 0 Å². The maximum Gasteiger partial charge on any atom is 0.163 e. The highest BCUT2D eigenvalue weighted by Gasteiger charge is 2.13. The Bertz CT molecular complexity index is 274. The van der Waals surface area contributed by atoms with Crippen LogP contribution in [0.5, 0.6) is 5.75 Å². The Morgan fingerprint density at radius 2 is 2.55 bits per heavy atom. The molecule has 0 aromatic carbocycles. The van der Waals surface area contributed by atoms with E-state index in [1.54, 1.807) is 0 Å². The van der Waals surface area contributed by atoms with E-state index in [0.29, 0.717) is 0 Å². The lowest BCUT2D eigenvalue weighted by Gasteiger charge is -2.02. The standard InChI is InChI=1S/C7H8N2O2/c8-3-1-5(9)7-6(10)2-4-11-7/h2,4-5,10H,1,9H2. The largest absolute Gasteiger partial charge is 0.504 e. The molecule has 0 saturated heterocycles. The predicted molar refractivity (Wildman–Crippen MR) is 37.5 cm³/mol. The third-order valence-electron chi connectivity index (χ3n) is 1.32. The van der Waals surface area contributed by atoms with Crippen molar-refractivity contribution in [2.75, 3.05) is 0 Å². The molecule has 1 aromatic heterocycles. The second-order valence-electron chi connectivity index (χ2n) is 2.14. The van der Waals surface area contributed by atoms with Crippen LogP contribution in [0.2, 0.25) is 0 Å². The highest BCUT2D eigenvalue weighted by atomic mass is 16.4. The molecule has 0 radical (unpaired) electrons. The van der Waals surface area contributed by atoms with E-state index < -0.39 is 6.04 Å². The van der Waals surface area contributed by atoms with Gasteiger partial charge in [0.2, 0.25) is 0 Å². The molecule has 11 heavy (non-hydrogen) atoms. The number of rotatable bonds is 2. The van der Waals surface area contributed by atoms with Crippen LogP contribution in [0.1, 0.15) is 18.2 Å². The summed E-state index contributed by atoms with van der Waals surface area (Å²) in [7, 11) is 0. The van der Waals surface area contributed by atoms with Gasteiger partial charge in [0.05, 0.1) is 24.8 Å². The fourth-order valence-electron chi connectivity index (χ4n) is 0.783. The minimum absolute atomic E-state index is 0.00718. The van der Waals surface area contributed by atoms with Gasteiger partial charge in [0.25, 0.3) is 0 Å². The SMILES string of the molecule is N#CCC(N)c1occc1O. The minimum Gasteiger partial charge on any atom is -0.504 e. The number of hydrogen-bond donors (Lipinski definition) is 2. The molecule has 4 nitrogen and oxygen atoms in total. The molecule has 0 aliphatic heterocycles. The van der Waals surface area contributed by atoms with E-state index in [1.165, 1.54) is 12.3 Å². The van der Waals surface area contributed by atoms with Gasteiger partial charge in [-0.2, -0.15) is 5.26 Å². The van der Waals surface area contributed by atoms with Crippen LogP contribution in [-0.2, 0) is 0 Å². The molecule has 0 bridgehead atoms. The summed E-state index contributed by atoms with van der Waals surface area (Å²) in [5, 5.41) is 17.3. The summed E-state index contributed by atoms with van der Waals surface area (Å²) in [6.07, 6.45) is 1.48. The van der Waals surface area contributed by atoms with Gasteiger partial charge in [0.1, 0.15) is 0 Å². The lowest BCUT2D eigenvalue weighted by molar-refractivity contribution is 0.409. The fourth-order valence-corrected chi connectivity index (χ4v) is 0.783. The van der Waals surface area contributed by atoms with Crippen LogP contribution in [0.15, 0.2) is 16.7 Å². The van der Waals surface area contributed by atoms with Gasteiger partial charge < -0.3 is 15.3 Å². The molecule has 1 heterocycles. The highest BCUT2D eigenvalue weighted by Crippen LogP contribution is 2.24. The summed E-state index contributed by atoms with van der Waals surface area (Å²) in [5.41, 5.74) is 5.47. The monoisotopic (exact) mass is 152 g/mol. The van der Waals surface area contributed by atoms with Crippen molar-refractivity contribution < 1.29 is 9.52 Å². The number of furan rings is 1. The lowest BCUT2D eigenvalue weighted by Crippen LogP contribution is -2.07. The molecule has 0 aliphatic rings. The fraction of sp³-hybridized carbons (Fsp3) is 0.286. The van der Waals surface area contributed by atoms with Crippen LogP contribution in [0, 0.1) is 11.3 Å². The quantitative estimate of drug-likeness (QED) is 0.659. The number of nitrogens with zero attached hydrogens (tertiary/aromatic N) is 1. The van der Waals surface area contributed by atoms with Crippen LogP contribution in [0.25, 0.3) is 0 Å². The van der Waals surface area contributed by atoms with E-state index in [1.807, 2.05) is 6.07 Å². The molecule has 1 unspecified atom stereocenters. The molecule has 58 valence electrons. The molecule has 3 N–H and O–H groups in total. The van der Waals surface area contributed by atoms with Gasteiger partial charge in [-0.15, -0.1) is 0 Å². The molecular formula is C7H8N2O2. The zero-order chi connectivity index (χ0) is 8.27. The van der Waals surface area contributed by atoms with E-state index in [2.05, 4.69) is 0 Å². The first kappa shape index (κ1) is 7.63. The van der Waals surface area contributed by atoms with Crippen molar-refractivity contribution in [3.05, 3.63) is 18.1 Å². The van der Waals surface area contributed by atoms with Gasteiger partial charge in [-0.05, 0) is 0 Å². The molecule has 0 saturated carbocycles. The average Bonchev–Trinajstić information content (AvgIpc) is 2.36. The van der Waals surface area contributed by atoms with E-state index in [4.69, 9.17) is 20.5 Å². The first-order chi connectivity index (χ1) is 5.25. The molecular weight excluding hydrogens is 144 g/mol. The van der Waals surface area contributed by atoms with Crippen molar-refractivity contribution in [2.45, 2.75) is 12.5 Å². The van der Waals surface area contributed by atoms with E-state index >= 15 is 0 Å². The summed E-state index contributed by atoms with van der Waals surface area (Å²) in [6, 6.07) is 2.75. The summed E-state index contributed by atoms with van der Waals surface area (Å²) >= 11 is 0. The van der Waals surface area contributed by atoms with Gasteiger partial charge in [-0.3, -0.25) is 0 Å². The molecule has 0 spiro atoms. The second-order valence-corrected chi connectivity index (χ2v) is 2.14. The number of nitriles is 1. The van der Waals surface area contributed by atoms with Crippen molar-refractivity contribution >= 4 is 0 Å². The smallest absolute Gasteiger partial charge is 0.163 e. The zero-order valence-corrected chi connectivity index (χ0v) is 5.82. The molecule has 0 aliphatic carbocycles. The van der Waals surface area contributed by atoms with Crippen molar-refractivity contribution in [3.63, 3.8) is 0 Å². The Labute approximate surface area is 63.8 Å². The average molecular weight is 152 g/mol. The van der Waals surface area contributed by atoms with E-state index in [9.17, 15) is 0 Å². The maximum absolute atomic E-state index is 9.06. The predicted octanol–water partition coefficient (Wildman–Crippen LogP) is 0.899. The minimum atomic E-state index is -0.532. The zero-order valence-electron chi connectivity index (χ0n) is 5.82. The highest BCUT2D eigenvalue weighted by molar-refractivity contribution is 5.25. The van der Waals surface area contributed by atoms with Gasteiger partial charge in [-0.1, -0.05) is 0 Å². The van der Waals surface area contributed by atoms with Crippen molar-refractivity contribution in [1.29, 1.82) is 5.26 Å². The summed E-state index contributed by atoms with van der Waals surface area (Å²) in [6.45, 7) is 0. The van der Waals surface area contributed by atoms with Crippen molar-refractivity contribution in [1.82, 2.24) is 0 Å². The van der Waals surface area contributed by atoms with Crippen molar-refractivity contribution in [3.8, 4) is 11.8 Å². The summed E-state index contributed by atoms with van der Waals surface area (Å²) in [4.78, 5) is 0. The Morgan fingerprint density at radius 3 is 3.00 bits per heavy atom. The van der Waals surface area contributed by atoms with E-state index in [0.717, 1.165) is 0 Å². The first-order valence-corrected chi connectivity index (χ1v) is 3.14.